The van der Waals surface area contributed by atoms with E-state index in [-0.39, 0.29) is 18.1 Å². The third-order valence-electron chi connectivity index (χ3n) is 2.86. The standard InChI is InChI=1S/C15H14N2O3/c18-14(13-8-4-5-9-16-13)17-10-12(15(19)20)11-6-2-1-3-7-11/h1-9,12H,10H2,(H,17,18)(H,19,20). The van der Waals surface area contributed by atoms with Gasteiger partial charge in [0.15, 0.2) is 0 Å². The SMILES string of the molecule is O=C(NCC(C(=O)O)c1ccccc1)c1ccccn1. The maximum absolute atomic E-state index is 11.8. The first-order valence-electron chi connectivity index (χ1n) is 6.15. The Morgan fingerprint density at radius 3 is 2.40 bits per heavy atom. The van der Waals surface area contributed by atoms with E-state index in [0.29, 0.717) is 5.56 Å². The molecule has 0 aliphatic rings. The second-order valence-corrected chi connectivity index (χ2v) is 4.23. The molecule has 0 fully saturated rings. The fourth-order valence-electron chi connectivity index (χ4n) is 1.82. The van der Waals surface area contributed by atoms with Crippen molar-refractivity contribution in [2.45, 2.75) is 5.92 Å². The van der Waals surface area contributed by atoms with Crippen LogP contribution in [-0.4, -0.2) is 28.5 Å². The van der Waals surface area contributed by atoms with Gasteiger partial charge in [-0.2, -0.15) is 0 Å². The second-order valence-electron chi connectivity index (χ2n) is 4.23. The smallest absolute Gasteiger partial charge is 0.312 e. The number of nitrogens with zero attached hydrogens (tertiary/aromatic N) is 1. The molecule has 20 heavy (non-hydrogen) atoms. The van der Waals surface area contributed by atoms with E-state index in [4.69, 9.17) is 0 Å². The summed E-state index contributed by atoms with van der Waals surface area (Å²) in [5.74, 6) is -2.13. The summed E-state index contributed by atoms with van der Waals surface area (Å²) in [6.45, 7) is 0.0226. The van der Waals surface area contributed by atoms with Crippen LogP contribution in [0, 0.1) is 0 Å². The molecule has 5 heteroatoms. The van der Waals surface area contributed by atoms with E-state index in [0.717, 1.165) is 0 Å². The summed E-state index contributed by atoms with van der Waals surface area (Å²) in [7, 11) is 0. The minimum atomic E-state index is -0.975. The summed E-state index contributed by atoms with van der Waals surface area (Å²) >= 11 is 0. The first-order valence-corrected chi connectivity index (χ1v) is 6.15. The van der Waals surface area contributed by atoms with Gasteiger partial charge < -0.3 is 10.4 Å². The molecule has 1 atom stereocenters. The Morgan fingerprint density at radius 2 is 1.80 bits per heavy atom. The quantitative estimate of drug-likeness (QED) is 0.866. The number of rotatable bonds is 5. The van der Waals surface area contributed by atoms with Crippen molar-refractivity contribution < 1.29 is 14.7 Å². The van der Waals surface area contributed by atoms with Crippen LogP contribution >= 0.6 is 0 Å². The molecule has 1 aromatic carbocycles. The first kappa shape index (κ1) is 13.7. The lowest BCUT2D eigenvalue weighted by Gasteiger charge is -2.13. The molecule has 1 aromatic heterocycles. The normalized spacial score (nSPS) is 11.6. The molecule has 2 rings (SSSR count). The number of carboxylic acids is 1. The van der Waals surface area contributed by atoms with E-state index in [1.807, 2.05) is 6.07 Å². The Labute approximate surface area is 116 Å². The van der Waals surface area contributed by atoms with Crippen LogP contribution in [0.5, 0.6) is 0 Å². The molecule has 2 N–H and O–H groups in total. The molecular weight excluding hydrogens is 256 g/mol. The third kappa shape index (κ3) is 3.41. The number of aromatic nitrogens is 1. The zero-order valence-electron chi connectivity index (χ0n) is 10.7. The molecule has 0 saturated heterocycles. The Hall–Kier alpha value is -2.69. The Kier molecular flexibility index (Phi) is 4.44. The number of hydrogen-bond acceptors (Lipinski definition) is 3. The van der Waals surface area contributed by atoms with Gasteiger partial charge in [0.25, 0.3) is 5.91 Å². The van der Waals surface area contributed by atoms with Crippen LogP contribution in [0.15, 0.2) is 54.7 Å². The van der Waals surface area contributed by atoms with Gasteiger partial charge in [-0.25, -0.2) is 0 Å². The van der Waals surface area contributed by atoms with Gasteiger partial charge in [0.2, 0.25) is 0 Å². The van der Waals surface area contributed by atoms with Gasteiger partial charge >= 0.3 is 5.97 Å². The molecule has 0 radical (unpaired) electrons. The van der Waals surface area contributed by atoms with E-state index in [9.17, 15) is 14.7 Å². The van der Waals surface area contributed by atoms with Crippen molar-refractivity contribution in [2.75, 3.05) is 6.54 Å². The number of nitrogens with one attached hydrogen (secondary N) is 1. The lowest BCUT2D eigenvalue weighted by Crippen LogP contribution is -2.32. The largest absolute Gasteiger partial charge is 0.481 e. The zero-order chi connectivity index (χ0) is 14.4. The van der Waals surface area contributed by atoms with Crippen LogP contribution in [0.2, 0.25) is 0 Å². The van der Waals surface area contributed by atoms with Crippen LogP contribution < -0.4 is 5.32 Å². The van der Waals surface area contributed by atoms with Crippen LogP contribution in [-0.2, 0) is 4.79 Å². The van der Waals surface area contributed by atoms with Crippen molar-refractivity contribution in [3.05, 3.63) is 66.0 Å². The van der Waals surface area contributed by atoms with Crippen LogP contribution in [0.4, 0.5) is 0 Å². The molecule has 102 valence electrons. The number of aliphatic carboxylic acids is 1. The number of amides is 1. The van der Waals surface area contributed by atoms with E-state index in [1.165, 1.54) is 6.20 Å². The predicted octanol–water partition coefficient (Wildman–Crippen LogP) is 1.68. The average molecular weight is 270 g/mol. The molecule has 2 aromatic rings. The minimum Gasteiger partial charge on any atom is -0.481 e. The Balaban J connectivity index is 2.04. The number of carbonyl (C=O) groups is 2. The van der Waals surface area contributed by atoms with Crippen molar-refractivity contribution in [2.24, 2.45) is 0 Å². The van der Waals surface area contributed by atoms with Gasteiger partial charge in [0.05, 0.1) is 5.92 Å². The number of benzene rings is 1. The number of carboxylic acid groups (broad SMARTS) is 1. The highest BCUT2D eigenvalue weighted by atomic mass is 16.4. The van der Waals surface area contributed by atoms with Gasteiger partial charge in [-0.05, 0) is 17.7 Å². The maximum Gasteiger partial charge on any atom is 0.312 e. The number of pyridine rings is 1. The summed E-state index contributed by atoms with van der Waals surface area (Å²) in [4.78, 5) is 27.0. The third-order valence-corrected chi connectivity index (χ3v) is 2.86. The summed E-state index contributed by atoms with van der Waals surface area (Å²) < 4.78 is 0. The molecule has 0 aliphatic heterocycles. The lowest BCUT2D eigenvalue weighted by atomic mass is 9.99. The topological polar surface area (TPSA) is 79.3 Å². The van der Waals surface area contributed by atoms with Gasteiger partial charge in [0, 0.05) is 12.7 Å². The molecule has 1 amide bonds. The van der Waals surface area contributed by atoms with Crippen molar-refractivity contribution in [1.29, 1.82) is 0 Å². The Morgan fingerprint density at radius 1 is 1.10 bits per heavy atom. The molecule has 0 spiro atoms. The van der Waals surface area contributed by atoms with E-state index in [1.54, 1.807) is 42.5 Å². The molecule has 0 saturated carbocycles. The average Bonchev–Trinajstić information content (AvgIpc) is 2.49. The highest BCUT2D eigenvalue weighted by Crippen LogP contribution is 2.14. The van der Waals surface area contributed by atoms with Crippen molar-refractivity contribution >= 4 is 11.9 Å². The fourth-order valence-corrected chi connectivity index (χ4v) is 1.82. The summed E-state index contributed by atoms with van der Waals surface area (Å²) in [6.07, 6.45) is 1.51. The van der Waals surface area contributed by atoms with Crippen LogP contribution in [0.3, 0.4) is 0 Å². The predicted molar refractivity (Wildman–Crippen MR) is 73.4 cm³/mol. The summed E-state index contributed by atoms with van der Waals surface area (Å²) in [6, 6.07) is 13.8. The molecule has 5 nitrogen and oxygen atoms in total. The summed E-state index contributed by atoms with van der Waals surface area (Å²) in [5.41, 5.74) is 0.922. The van der Waals surface area contributed by atoms with E-state index >= 15 is 0 Å². The van der Waals surface area contributed by atoms with Crippen LogP contribution in [0.25, 0.3) is 0 Å². The first-order chi connectivity index (χ1) is 9.68. The second kappa shape index (κ2) is 6.47. The molecule has 1 unspecified atom stereocenters. The van der Waals surface area contributed by atoms with Gasteiger partial charge in [-0.3, -0.25) is 14.6 Å². The fraction of sp³-hybridized carbons (Fsp3) is 0.133. The number of hydrogen-bond donors (Lipinski definition) is 2. The van der Waals surface area contributed by atoms with Crippen molar-refractivity contribution in [3.63, 3.8) is 0 Å². The molecule has 0 bridgehead atoms. The maximum atomic E-state index is 11.8. The Bertz CT molecular complexity index is 585. The minimum absolute atomic E-state index is 0.0226. The highest BCUT2D eigenvalue weighted by Gasteiger charge is 2.20. The van der Waals surface area contributed by atoms with Crippen molar-refractivity contribution in [3.8, 4) is 0 Å². The monoisotopic (exact) mass is 270 g/mol. The summed E-state index contributed by atoms with van der Waals surface area (Å²) in [5, 5.41) is 11.8. The van der Waals surface area contributed by atoms with E-state index in [2.05, 4.69) is 10.3 Å². The number of carbonyl (C=O) groups excluding carboxylic acids is 1. The molecule has 1 heterocycles. The zero-order valence-corrected chi connectivity index (χ0v) is 10.7. The molecule has 0 aliphatic carbocycles. The van der Waals surface area contributed by atoms with Crippen molar-refractivity contribution in [1.82, 2.24) is 10.3 Å². The van der Waals surface area contributed by atoms with Gasteiger partial charge in [-0.15, -0.1) is 0 Å². The van der Waals surface area contributed by atoms with Gasteiger partial charge in [0.1, 0.15) is 5.69 Å². The molecular formula is C15H14N2O3. The lowest BCUT2D eigenvalue weighted by molar-refractivity contribution is -0.138. The van der Waals surface area contributed by atoms with E-state index < -0.39 is 11.9 Å². The highest BCUT2D eigenvalue weighted by molar-refractivity contribution is 5.92. The van der Waals surface area contributed by atoms with Gasteiger partial charge in [-0.1, -0.05) is 36.4 Å². The van der Waals surface area contributed by atoms with Crippen LogP contribution in [0.1, 0.15) is 22.0 Å².